The van der Waals surface area contributed by atoms with Gasteiger partial charge in [-0.1, -0.05) is 34.6 Å². The fourth-order valence-electron chi connectivity index (χ4n) is 7.88. The molecule has 13 N–H and O–H groups in total. The van der Waals surface area contributed by atoms with Crippen LogP contribution in [0.5, 0.6) is 0 Å². The number of hydrogen-bond donors (Lipinski definition) is 13. The van der Waals surface area contributed by atoms with Crippen molar-refractivity contribution in [2.45, 2.75) is 170 Å². The second kappa shape index (κ2) is 24.6. The summed E-state index contributed by atoms with van der Waals surface area (Å²) in [5, 5.41) is 137. The molecular formula is C37H66NNaO22. The van der Waals surface area contributed by atoms with Gasteiger partial charge in [-0.25, -0.2) is 0 Å². The van der Waals surface area contributed by atoms with Crippen LogP contribution >= 0.6 is 0 Å². The summed E-state index contributed by atoms with van der Waals surface area (Å²) < 4.78 is 39.5. The third-order valence-corrected chi connectivity index (χ3v) is 11.4. The Morgan fingerprint density at radius 3 is 1.72 bits per heavy atom. The van der Waals surface area contributed by atoms with Crippen molar-refractivity contribution in [3.63, 3.8) is 0 Å². The minimum Gasteiger partial charge on any atom is -0.544 e. The average molecular weight is 900 g/mol. The molecule has 4 aliphatic rings. The molecule has 4 rings (SSSR count). The molecule has 61 heavy (non-hydrogen) atoms. The normalized spacial score (nSPS) is 42.8. The van der Waals surface area contributed by atoms with Gasteiger partial charge >= 0.3 is 29.6 Å². The molecule has 352 valence electrons. The summed E-state index contributed by atoms with van der Waals surface area (Å²) in [6.45, 7) is 6.82. The molecular weight excluding hydrogens is 833 g/mol. The number of rotatable bonds is 15. The van der Waals surface area contributed by atoms with E-state index in [1.165, 1.54) is 14.0 Å². The van der Waals surface area contributed by atoms with Crippen LogP contribution in [-0.2, 0) is 42.7 Å². The molecule has 4 saturated heterocycles. The number of aliphatic carboxylic acids is 1. The van der Waals surface area contributed by atoms with E-state index >= 15 is 0 Å². The summed E-state index contributed by atoms with van der Waals surface area (Å²) in [6, 6.07) is -1.48. The minimum absolute atomic E-state index is 0. The first-order valence-corrected chi connectivity index (χ1v) is 19.9. The van der Waals surface area contributed by atoms with Crippen LogP contribution in [0.3, 0.4) is 0 Å². The van der Waals surface area contributed by atoms with Gasteiger partial charge in [0, 0.05) is 26.4 Å². The number of aliphatic hydroxyl groups is 12. The molecule has 21 atom stereocenters. The Morgan fingerprint density at radius 2 is 1.26 bits per heavy atom. The predicted molar refractivity (Wildman–Crippen MR) is 197 cm³/mol. The van der Waals surface area contributed by atoms with E-state index in [4.69, 9.17) is 38.3 Å². The van der Waals surface area contributed by atoms with Crippen molar-refractivity contribution in [1.82, 2.24) is 5.32 Å². The maximum atomic E-state index is 12.7. The average Bonchev–Trinajstić information content (AvgIpc) is 3.19. The van der Waals surface area contributed by atoms with Gasteiger partial charge in [-0.15, -0.1) is 0 Å². The van der Waals surface area contributed by atoms with Crippen LogP contribution in [0.1, 0.15) is 48.0 Å². The summed E-state index contributed by atoms with van der Waals surface area (Å²) in [7, 11) is 1.42. The van der Waals surface area contributed by atoms with Crippen LogP contribution in [0.25, 0.3) is 0 Å². The molecule has 0 saturated carbocycles. The van der Waals surface area contributed by atoms with E-state index in [1.54, 1.807) is 13.8 Å². The monoisotopic (exact) mass is 899 g/mol. The number of carboxylic acid groups (broad SMARTS) is 1. The second-order valence-electron chi connectivity index (χ2n) is 16.4. The summed E-state index contributed by atoms with van der Waals surface area (Å²) in [6.07, 6.45) is -25.6. The molecule has 4 fully saturated rings. The fourth-order valence-corrected chi connectivity index (χ4v) is 7.88. The zero-order valence-corrected chi connectivity index (χ0v) is 37.7. The van der Waals surface area contributed by atoms with Gasteiger partial charge in [0.1, 0.15) is 91.4 Å². The van der Waals surface area contributed by atoms with Crippen molar-refractivity contribution in [1.29, 1.82) is 0 Å². The summed E-state index contributed by atoms with van der Waals surface area (Å²) in [4.78, 5) is 24.6. The van der Waals surface area contributed by atoms with E-state index in [9.17, 15) is 70.9 Å². The van der Waals surface area contributed by atoms with Gasteiger partial charge in [-0.05, 0) is 11.8 Å². The predicted octanol–water partition coefficient (Wildman–Crippen LogP) is -10.4. The minimum atomic E-state index is -2.91. The quantitative estimate of drug-likeness (QED) is 0.0679. The summed E-state index contributed by atoms with van der Waals surface area (Å²) in [5.74, 6) is -6.99. The molecule has 0 aromatic carbocycles. The Morgan fingerprint density at radius 1 is 0.754 bits per heavy atom. The molecule has 0 aromatic heterocycles. The van der Waals surface area contributed by atoms with Gasteiger partial charge in [-0.3, -0.25) is 4.79 Å². The van der Waals surface area contributed by atoms with Gasteiger partial charge in [0.2, 0.25) is 11.7 Å². The van der Waals surface area contributed by atoms with E-state index in [2.05, 4.69) is 5.32 Å². The first-order chi connectivity index (χ1) is 28.0. The number of carbonyl (C=O) groups is 2. The van der Waals surface area contributed by atoms with Crippen LogP contribution in [-0.4, -0.2) is 229 Å². The number of ether oxygens (including phenoxy) is 7. The van der Waals surface area contributed by atoms with Gasteiger partial charge in [0.25, 0.3) is 0 Å². The van der Waals surface area contributed by atoms with E-state index in [0.717, 1.165) is 6.92 Å². The Balaban J connectivity index is 0.000000674. The van der Waals surface area contributed by atoms with E-state index in [-0.39, 0.29) is 42.1 Å². The van der Waals surface area contributed by atoms with Gasteiger partial charge in [-0.2, -0.15) is 0 Å². The topological polar surface area (TPSA) is 377 Å². The van der Waals surface area contributed by atoms with Crippen molar-refractivity contribution in [2.24, 2.45) is 17.8 Å². The molecule has 0 radical (unpaired) electrons. The molecule has 4 heterocycles. The van der Waals surface area contributed by atoms with Crippen molar-refractivity contribution < 1.29 is 139 Å². The molecule has 0 bridgehead atoms. The standard InChI is InChI=1S/C27H47NO17.C10H20O5.Na/c1-9(2)21-20(38)24(45-27(26(39)40)5-12(33)10(3)22(44-27)17(35)13(34)6-29)23(15(8-31)41-21)43-25-16(28-11(4)32)19(37)18(36)14(7-30)42-25;1-5(2)9-8(13)10(14-3)7(12)6(4-11)15-9;/h9-10,12-25,29-31,33-38H,5-8H2,1-4H3,(H,28,32)(H,39,40);5-13H,4H2,1-3H3;/q;;+1/p-1/t10-,12?,13+,14?,15?,16?,17+,18-,19+,20?,21-,22+,23-,24+,25-,27-;6?,7-,8?,9-,10-;/m00./s1. The van der Waals surface area contributed by atoms with E-state index < -0.39 is 172 Å². The molecule has 4 aliphatic heterocycles. The van der Waals surface area contributed by atoms with Crippen LogP contribution in [0.4, 0.5) is 0 Å². The maximum Gasteiger partial charge on any atom is 1.00 e. The van der Waals surface area contributed by atoms with Crippen LogP contribution in [0, 0.1) is 17.8 Å². The first-order valence-electron chi connectivity index (χ1n) is 19.9. The zero-order chi connectivity index (χ0) is 45.5. The SMILES string of the molecule is CC(=O)NC1[C@H](O[C@H]2C(CO)O[C@@H](C(C)C)C(O)[C@H]2O[C@]2(C(=O)[O-])CC(O)[C@H](C)[C@H]([C@H](O)[C@H](O)CO)O2)OC(CO)[C@H](O)[C@@H]1O.CO[C@@H]1C(O)[C@H](C(C)C)OC(CO)[C@@H]1O.[Na+]. The van der Waals surface area contributed by atoms with E-state index in [1.807, 2.05) is 13.8 Å². The number of amides is 1. The number of hydrogen-bond acceptors (Lipinski definition) is 22. The third-order valence-electron chi connectivity index (χ3n) is 11.4. The maximum absolute atomic E-state index is 12.7. The number of carboxylic acids is 1. The molecule has 24 heteroatoms. The number of nitrogens with one attached hydrogen (secondary N) is 1. The molecule has 23 nitrogen and oxygen atoms in total. The van der Waals surface area contributed by atoms with Gasteiger partial charge in [0.05, 0.1) is 50.8 Å². The van der Waals surface area contributed by atoms with Crippen LogP contribution in [0.15, 0.2) is 0 Å². The van der Waals surface area contributed by atoms with Gasteiger partial charge in [0.15, 0.2) is 6.29 Å². The molecule has 7 unspecified atom stereocenters. The molecule has 0 aliphatic carbocycles. The molecule has 1 amide bonds. The number of methoxy groups -OCH3 is 1. The summed E-state index contributed by atoms with van der Waals surface area (Å²) in [5.41, 5.74) is 0. The largest absolute Gasteiger partial charge is 1.00 e. The smallest absolute Gasteiger partial charge is 0.544 e. The molecule has 0 aromatic rings. The fraction of sp³-hybridized carbons (Fsp3) is 0.946. The first kappa shape index (κ1) is 56.3. The Labute approximate surface area is 375 Å². The zero-order valence-electron chi connectivity index (χ0n) is 35.7. The second-order valence-corrected chi connectivity index (χ2v) is 16.4. The van der Waals surface area contributed by atoms with Gasteiger partial charge < -0.3 is 110 Å². The summed E-state index contributed by atoms with van der Waals surface area (Å²) >= 11 is 0. The van der Waals surface area contributed by atoms with E-state index in [0.29, 0.717) is 0 Å². The Bertz CT molecular complexity index is 1340. The number of aliphatic hydroxyl groups excluding tert-OH is 12. The molecule has 0 spiro atoms. The van der Waals surface area contributed by atoms with Crippen LogP contribution in [0.2, 0.25) is 0 Å². The third kappa shape index (κ3) is 13.0. The van der Waals surface area contributed by atoms with Crippen molar-refractivity contribution in [2.75, 3.05) is 33.5 Å². The van der Waals surface area contributed by atoms with Crippen molar-refractivity contribution in [3.8, 4) is 0 Å². The Hall–Kier alpha value is -0.820. The Kier molecular flexibility index (Phi) is 22.7. The van der Waals surface area contributed by atoms with Crippen LogP contribution < -0.4 is 40.0 Å². The van der Waals surface area contributed by atoms with Crippen molar-refractivity contribution >= 4 is 11.9 Å². The van der Waals surface area contributed by atoms with Crippen molar-refractivity contribution in [3.05, 3.63) is 0 Å². The number of carbonyl (C=O) groups excluding carboxylic acids is 2.